The number of hydrogen-bond acceptors (Lipinski definition) is 8. The lowest BCUT2D eigenvalue weighted by atomic mass is 10.1. The first-order valence-electron chi connectivity index (χ1n) is 9.34. The van der Waals surface area contributed by atoms with Gasteiger partial charge in [0.2, 0.25) is 18.2 Å². The van der Waals surface area contributed by atoms with Gasteiger partial charge in [0.25, 0.3) is 0 Å². The number of benzene rings is 1. The number of rotatable bonds is 11. The number of anilines is 2. The maximum absolute atomic E-state index is 12.7. The van der Waals surface area contributed by atoms with Crippen LogP contribution < -0.4 is 27.2 Å². The lowest BCUT2D eigenvalue weighted by molar-refractivity contribution is -0.150. The summed E-state index contributed by atoms with van der Waals surface area (Å²) in [6.45, 7) is 4.03. The summed E-state index contributed by atoms with van der Waals surface area (Å²) in [6, 6.07) is 5.12. The average Bonchev–Trinajstić information content (AvgIpc) is 2.70. The molecule has 1 aromatic rings. The predicted molar refractivity (Wildman–Crippen MR) is 112 cm³/mol. The number of hydrazine groups is 1. The molecule has 1 atom stereocenters. The fraction of sp³-hybridized carbons (Fsp3) is 0.368. The molecule has 1 aliphatic rings. The van der Waals surface area contributed by atoms with Crippen molar-refractivity contribution in [2.45, 2.75) is 12.7 Å². The van der Waals surface area contributed by atoms with E-state index in [1.165, 1.54) is 14.8 Å². The minimum Gasteiger partial charge on any atom is -0.397 e. The number of para-hydroxylation sites is 1. The summed E-state index contributed by atoms with van der Waals surface area (Å²) in [7, 11) is 0. The summed E-state index contributed by atoms with van der Waals surface area (Å²) < 4.78 is 0. The van der Waals surface area contributed by atoms with Gasteiger partial charge in [0.1, 0.15) is 19.0 Å². The van der Waals surface area contributed by atoms with Gasteiger partial charge in [-0.3, -0.25) is 14.4 Å². The molecule has 6 N–H and O–H groups in total. The number of nitrogen functional groups attached to an aromatic ring is 1. The maximum Gasteiger partial charge on any atom is 0.242 e. The standard InChI is InChI=1S/C19H27N7O4/c1-2-6-22-9-17(29)25-12-18(30)24(11-16(25)23-13-28)10-14-4-3-5-15(20)19(14)26(21)7-8-27/h2-5,8,13,16,22H,1,6-7,9-12,20-21H2,(H,23,28)/t16-/m1/s1. The third kappa shape index (κ3) is 5.55. The summed E-state index contributed by atoms with van der Waals surface area (Å²) >= 11 is 0. The molecule has 162 valence electrons. The smallest absolute Gasteiger partial charge is 0.242 e. The summed E-state index contributed by atoms with van der Waals surface area (Å²) in [4.78, 5) is 49.9. The van der Waals surface area contributed by atoms with E-state index in [9.17, 15) is 19.2 Å². The van der Waals surface area contributed by atoms with Crippen LogP contribution in [0, 0.1) is 0 Å². The van der Waals surface area contributed by atoms with Crippen LogP contribution in [0.5, 0.6) is 0 Å². The molecule has 2 rings (SSSR count). The molecular weight excluding hydrogens is 390 g/mol. The molecule has 1 fully saturated rings. The van der Waals surface area contributed by atoms with Crippen molar-refractivity contribution in [3.8, 4) is 0 Å². The van der Waals surface area contributed by atoms with Gasteiger partial charge < -0.3 is 36.0 Å². The van der Waals surface area contributed by atoms with Crippen molar-refractivity contribution in [3.63, 3.8) is 0 Å². The zero-order valence-electron chi connectivity index (χ0n) is 16.6. The lowest BCUT2D eigenvalue weighted by Crippen LogP contribution is -2.63. The van der Waals surface area contributed by atoms with E-state index >= 15 is 0 Å². The zero-order valence-corrected chi connectivity index (χ0v) is 16.6. The van der Waals surface area contributed by atoms with Gasteiger partial charge in [-0.05, 0) is 11.6 Å². The number of amides is 3. The Hall–Kier alpha value is -3.44. The molecule has 11 nitrogen and oxygen atoms in total. The minimum atomic E-state index is -0.674. The van der Waals surface area contributed by atoms with Crippen LogP contribution in [0.15, 0.2) is 30.9 Å². The van der Waals surface area contributed by atoms with Gasteiger partial charge in [0.15, 0.2) is 0 Å². The Morgan fingerprint density at radius 3 is 2.80 bits per heavy atom. The highest BCUT2D eigenvalue weighted by Gasteiger charge is 2.35. The van der Waals surface area contributed by atoms with Gasteiger partial charge in [-0.25, -0.2) is 5.84 Å². The summed E-state index contributed by atoms with van der Waals surface area (Å²) in [5.74, 6) is 5.33. The molecule has 11 heteroatoms. The highest BCUT2D eigenvalue weighted by atomic mass is 16.2. The van der Waals surface area contributed by atoms with Crippen molar-refractivity contribution in [1.29, 1.82) is 0 Å². The third-order valence-electron chi connectivity index (χ3n) is 4.64. The number of nitrogens with one attached hydrogen (secondary N) is 2. The molecule has 30 heavy (non-hydrogen) atoms. The van der Waals surface area contributed by atoms with E-state index in [0.29, 0.717) is 36.2 Å². The van der Waals surface area contributed by atoms with Crippen molar-refractivity contribution in [1.82, 2.24) is 20.4 Å². The molecule has 0 aliphatic carbocycles. The Morgan fingerprint density at radius 2 is 2.13 bits per heavy atom. The second-order valence-electron chi connectivity index (χ2n) is 6.69. The highest BCUT2D eigenvalue weighted by molar-refractivity contribution is 5.87. The highest BCUT2D eigenvalue weighted by Crippen LogP contribution is 2.28. The molecule has 3 amide bonds. The van der Waals surface area contributed by atoms with E-state index in [-0.39, 0.29) is 44.5 Å². The zero-order chi connectivity index (χ0) is 22.1. The Labute approximate surface area is 174 Å². The van der Waals surface area contributed by atoms with Crippen molar-refractivity contribution < 1.29 is 19.2 Å². The number of piperazine rings is 1. The van der Waals surface area contributed by atoms with E-state index in [4.69, 9.17) is 11.6 Å². The number of carbonyl (C=O) groups is 4. The Kier molecular flexibility index (Phi) is 8.32. The van der Waals surface area contributed by atoms with E-state index in [1.54, 1.807) is 24.3 Å². The fourth-order valence-corrected chi connectivity index (χ4v) is 3.25. The van der Waals surface area contributed by atoms with Crippen molar-refractivity contribution >= 4 is 35.9 Å². The van der Waals surface area contributed by atoms with Gasteiger partial charge in [0.05, 0.1) is 31.0 Å². The molecule has 0 spiro atoms. The summed E-state index contributed by atoms with van der Waals surface area (Å²) in [5, 5.41) is 6.69. The molecule has 0 saturated carbocycles. The molecule has 1 heterocycles. The first-order chi connectivity index (χ1) is 14.4. The molecule has 1 saturated heterocycles. The molecule has 0 bridgehead atoms. The Morgan fingerprint density at radius 1 is 1.37 bits per heavy atom. The topological polar surface area (TPSA) is 154 Å². The maximum atomic E-state index is 12.7. The first-order valence-corrected chi connectivity index (χ1v) is 9.34. The molecule has 0 radical (unpaired) electrons. The van der Waals surface area contributed by atoms with Gasteiger partial charge in [-0.2, -0.15) is 0 Å². The second-order valence-corrected chi connectivity index (χ2v) is 6.69. The normalized spacial score (nSPS) is 16.2. The molecule has 0 aromatic heterocycles. The fourth-order valence-electron chi connectivity index (χ4n) is 3.25. The van der Waals surface area contributed by atoms with Gasteiger partial charge >= 0.3 is 0 Å². The van der Waals surface area contributed by atoms with Gasteiger partial charge in [-0.15, -0.1) is 6.58 Å². The number of nitrogens with zero attached hydrogens (tertiary/aromatic N) is 3. The summed E-state index contributed by atoms with van der Waals surface area (Å²) in [5.41, 5.74) is 7.48. The monoisotopic (exact) mass is 417 g/mol. The SMILES string of the molecule is C=CCNCC(=O)N1CC(=O)N(Cc2cccc(N)c2N(N)CC=O)C[C@@H]1NC=O. The van der Waals surface area contributed by atoms with Gasteiger partial charge in [-0.1, -0.05) is 18.2 Å². The van der Waals surface area contributed by atoms with Crippen molar-refractivity contribution in [2.24, 2.45) is 5.84 Å². The van der Waals surface area contributed by atoms with Crippen LogP contribution in [0.2, 0.25) is 0 Å². The average molecular weight is 417 g/mol. The van der Waals surface area contributed by atoms with E-state index in [1.807, 2.05) is 0 Å². The van der Waals surface area contributed by atoms with Crippen LogP contribution in [0.1, 0.15) is 5.56 Å². The Balaban J connectivity index is 2.19. The van der Waals surface area contributed by atoms with E-state index in [2.05, 4.69) is 17.2 Å². The molecular formula is C19H27N7O4. The van der Waals surface area contributed by atoms with Crippen LogP contribution in [0.3, 0.4) is 0 Å². The van der Waals surface area contributed by atoms with Crippen LogP contribution in [-0.2, 0) is 25.7 Å². The second kappa shape index (κ2) is 10.9. The van der Waals surface area contributed by atoms with Crippen LogP contribution in [-0.4, -0.2) is 73.2 Å². The number of aldehydes is 1. The minimum absolute atomic E-state index is 0.0174. The van der Waals surface area contributed by atoms with E-state index in [0.717, 1.165) is 0 Å². The Bertz CT molecular complexity index is 801. The van der Waals surface area contributed by atoms with Crippen molar-refractivity contribution in [3.05, 3.63) is 36.4 Å². The molecule has 1 aliphatic heterocycles. The number of hydrogen-bond donors (Lipinski definition) is 4. The number of nitrogens with two attached hydrogens (primary N) is 2. The number of carbonyl (C=O) groups excluding carboxylic acids is 4. The largest absolute Gasteiger partial charge is 0.397 e. The first kappa shape index (κ1) is 22.8. The van der Waals surface area contributed by atoms with Gasteiger partial charge in [0, 0.05) is 13.1 Å². The predicted octanol–water partition coefficient (Wildman–Crippen LogP) is -1.83. The van der Waals surface area contributed by atoms with E-state index < -0.39 is 6.17 Å². The quantitative estimate of drug-likeness (QED) is 0.0818. The van der Waals surface area contributed by atoms with Crippen LogP contribution in [0.25, 0.3) is 0 Å². The molecule has 1 aromatic carbocycles. The summed E-state index contributed by atoms with van der Waals surface area (Å²) in [6.07, 6.45) is 2.09. The lowest BCUT2D eigenvalue weighted by Gasteiger charge is -2.41. The van der Waals surface area contributed by atoms with Crippen LogP contribution in [0.4, 0.5) is 11.4 Å². The molecule has 0 unspecified atom stereocenters. The van der Waals surface area contributed by atoms with Crippen molar-refractivity contribution in [2.75, 3.05) is 43.5 Å². The van der Waals surface area contributed by atoms with Crippen LogP contribution >= 0.6 is 0 Å². The third-order valence-corrected chi connectivity index (χ3v) is 4.64.